The van der Waals surface area contributed by atoms with E-state index in [9.17, 15) is 21.6 Å². The van der Waals surface area contributed by atoms with Crippen LogP contribution in [0, 0.1) is 3.57 Å². The van der Waals surface area contributed by atoms with Gasteiger partial charge in [0.25, 0.3) is 10.1 Å². The Morgan fingerprint density at radius 1 is 1.31 bits per heavy atom. The zero-order valence-corrected chi connectivity index (χ0v) is 12.9. The van der Waals surface area contributed by atoms with Crippen molar-refractivity contribution in [2.24, 2.45) is 0 Å². The molecule has 16 heavy (non-hydrogen) atoms. The Morgan fingerprint density at radius 3 is 2.12 bits per heavy atom. The molecule has 0 unspecified atom stereocenters. The van der Waals surface area contributed by atoms with Gasteiger partial charge in [-0.3, -0.25) is 4.55 Å². The van der Waals surface area contributed by atoms with E-state index in [1.807, 2.05) is 0 Å². The molecule has 0 radical (unpaired) electrons. The van der Waals surface area contributed by atoms with Gasteiger partial charge in [-0.2, -0.15) is 21.6 Å². The second kappa shape index (κ2) is 5.53. The molecule has 1 aromatic rings. The second-order valence-electron chi connectivity index (χ2n) is 2.59. The summed E-state index contributed by atoms with van der Waals surface area (Å²) in [5.74, 6) is 0. The van der Waals surface area contributed by atoms with Gasteiger partial charge in [0.05, 0.1) is 5.56 Å². The van der Waals surface area contributed by atoms with Gasteiger partial charge in [-0.05, 0) is 34.7 Å². The molecule has 86 valence electrons. The van der Waals surface area contributed by atoms with E-state index in [1.54, 1.807) is 0 Å². The zero-order chi connectivity index (χ0) is 11.9. The first-order valence-corrected chi connectivity index (χ1v) is 5.99. The Kier molecular flexibility index (Phi) is 5.75. The normalized spacial score (nSPS) is 12.1. The molecule has 0 bridgehead atoms. The number of benzene rings is 1. The predicted octanol–water partition coefficient (Wildman–Crippen LogP) is -0.327. The van der Waals surface area contributed by atoms with Crippen LogP contribution in [-0.2, 0) is 16.3 Å². The fourth-order valence-corrected chi connectivity index (χ4v) is 3.10. The van der Waals surface area contributed by atoms with E-state index in [0.717, 1.165) is 6.07 Å². The second-order valence-corrected chi connectivity index (χ2v) is 5.11. The summed E-state index contributed by atoms with van der Waals surface area (Å²) in [6, 6.07) is 2.84. The maximum Gasteiger partial charge on any atom is 1.00 e. The van der Waals surface area contributed by atoms with Gasteiger partial charge in [-0.1, -0.05) is 6.07 Å². The molecule has 0 atom stereocenters. The van der Waals surface area contributed by atoms with Crippen LogP contribution in [0.4, 0.5) is 13.2 Å². The van der Waals surface area contributed by atoms with Gasteiger partial charge in [-0.25, -0.2) is 0 Å². The minimum absolute atomic E-state index is 0. The molecule has 0 saturated carbocycles. The van der Waals surface area contributed by atoms with Gasteiger partial charge in [0, 0.05) is 3.57 Å². The molecular formula is C7H5F3INaO3S. The molecule has 1 rings (SSSR count). The van der Waals surface area contributed by atoms with E-state index in [-0.39, 0.29) is 34.6 Å². The van der Waals surface area contributed by atoms with Crippen LogP contribution in [0.3, 0.4) is 0 Å². The number of hydrogen-bond donors (Lipinski definition) is 1. The third kappa shape index (κ3) is 3.84. The monoisotopic (exact) mass is 376 g/mol. The average molecular weight is 376 g/mol. The summed E-state index contributed by atoms with van der Waals surface area (Å²) in [7, 11) is -4.87. The van der Waals surface area contributed by atoms with E-state index < -0.39 is 26.8 Å². The average Bonchev–Trinajstić information content (AvgIpc) is 1.99. The van der Waals surface area contributed by atoms with Gasteiger partial charge >= 0.3 is 35.7 Å². The maximum absolute atomic E-state index is 12.4. The van der Waals surface area contributed by atoms with Gasteiger partial charge in [-0.15, -0.1) is 0 Å². The molecule has 0 amide bonds. The van der Waals surface area contributed by atoms with Crippen LogP contribution in [0.1, 0.15) is 6.99 Å². The van der Waals surface area contributed by atoms with Gasteiger partial charge in [0.1, 0.15) is 4.90 Å². The molecule has 3 nitrogen and oxygen atoms in total. The molecule has 1 N–H and O–H groups in total. The summed E-state index contributed by atoms with van der Waals surface area (Å²) < 4.78 is 67.2. The van der Waals surface area contributed by atoms with Crippen molar-refractivity contribution in [3.8, 4) is 0 Å². The molecule has 9 heteroatoms. The third-order valence-corrected chi connectivity index (χ3v) is 3.75. The molecule has 1 aromatic carbocycles. The van der Waals surface area contributed by atoms with Crippen molar-refractivity contribution in [2.45, 2.75) is 11.1 Å². The fourth-order valence-electron chi connectivity index (χ4n) is 0.994. The molecule has 0 aromatic heterocycles. The van der Waals surface area contributed by atoms with Gasteiger partial charge < -0.3 is 1.43 Å². The predicted molar refractivity (Wildman–Crippen MR) is 55.1 cm³/mol. The molecular weight excluding hydrogens is 371 g/mol. The maximum atomic E-state index is 12.4. The smallest absolute Gasteiger partial charge is 1.00 e. The van der Waals surface area contributed by atoms with Crippen molar-refractivity contribution in [2.75, 3.05) is 0 Å². The van der Waals surface area contributed by atoms with E-state index in [1.165, 1.54) is 28.7 Å². The van der Waals surface area contributed by atoms with Gasteiger partial charge in [0.15, 0.2) is 0 Å². The zero-order valence-electron chi connectivity index (χ0n) is 8.92. The molecule has 0 fully saturated rings. The molecule has 0 saturated heterocycles. The SMILES string of the molecule is O=S(=O)(O)c1c(I)cccc1C(F)(F)F.[H-].[Na+]. The Balaban J connectivity index is 0. The summed E-state index contributed by atoms with van der Waals surface area (Å²) in [5.41, 5.74) is -1.36. The topological polar surface area (TPSA) is 54.4 Å². The first kappa shape index (κ1) is 16.6. The minimum atomic E-state index is -4.87. The number of alkyl halides is 3. The van der Waals surface area contributed by atoms with Crippen LogP contribution in [0.15, 0.2) is 23.1 Å². The Hall–Kier alpha value is 0.650. The van der Waals surface area contributed by atoms with Crippen molar-refractivity contribution in [3.05, 3.63) is 27.3 Å². The summed E-state index contributed by atoms with van der Waals surface area (Å²) in [4.78, 5) is -1.10. The summed E-state index contributed by atoms with van der Waals surface area (Å²) in [6.07, 6.45) is -4.81. The van der Waals surface area contributed by atoms with Crippen molar-refractivity contribution < 1.29 is 57.1 Å². The summed E-state index contributed by atoms with van der Waals surface area (Å²) in [5, 5.41) is 0. The molecule has 0 aliphatic heterocycles. The largest absolute Gasteiger partial charge is 1.00 e. The molecule has 0 aliphatic rings. The van der Waals surface area contributed by atoms with Crippen molar-refractivity contribution >= 4 is 32.7 Å². The van der Waals surface area contributed by atoms with Crippen molar-refractivity contribution in [1.29, 1.82) is 0 Å². The first-order valence-electron chi connectivity index (χ1n) is 3.47. The molecule has 0 spiro atoms. The third-order valence-electron chi connectivity index (χ3n) is 1.53. The fraction of sp³-hybridized carbons (Fsp3) is 0.143. The number of halogens is 4. The van der Waals surface area contributed by atoms with Crippen molar-refractivity contribution in [1.82, 2.24) is 0 Å². The van der Waals surface area contributed by atoms with E-state index in [4.69, 9.17) is 4.55 Å². The first-order chi connectivity index (χ1) is 6.64. The van der Waals surface area contributed by atoms with E-state index in [2.05, 4.69) is 0 Å². The number of rotatable bonds is 1. The summed E-state index contributed by atoms with van der Waals surface area (Å²) in [6.45, 7) is 0. The molecule has 0 aliphatic carbocycles. The van der Waals surface area contributed by atoms with Crippen LogP contribution >= 0.6 is 22.6 Å². The van der Waals surface area contributed by atoms with Crippen LogP contribution in [0.25, 0.3) is 0 Å². The Morgan fingerprint density at radius 2 is 1.81 bits per heavy atom. The van der Waals surface area contributed by atoms with Crippen LogP contribution in [0.5, 0.6) is 0 Å². The van der Waals surface area contributed by atoms with Crippen molar-refractivity contribution in [3.63, 3.8) is 0 Å². The summed E-state index contributed by atoms with van der Waals surface area (Å²) >= 11 is 1.41. The quantitative estimate of drug-likeness (QED) is 0.415. The Bertz CT molecular complexity index is 492. The molecule has 0 heterocycles. The number of hydrogen-bond acceptors (Lipinski definition) is 2. The minimum Gasteiger partial charge on any atom is -1.00 e. The van der Waals surface area contributed by atoms with Crippen LogP contribution in [0.2, 0.25) is 0 Å². The van der Waals surface area contributed by atoms with E-state index in [0.29, 0.717) is 6.07 Å². The Labute approximate surface area is 127 Å². The van der Waals surface area contributed by atoms with Crippen LogP contribution in [-0.4, -0.2) is 13.0 Å². The van der Waals surface area contributed by atoms with E-state index >= 15 is 0 Å². The standard InChI is InChI=1S/C7H4F3IO3S.Na.H/c8-7(9,10)4-2-1-3-5(11)6(4)15(12,13)14;;/h1-3H,(H,12,13,14);;/q;+1;-1. The van der Waals surface area contributed by atoms with Crippen LogP contribution < -0.4 is 29.6 Å². The van der Waals surface area contributed by atoms with Gasteiger partial charge in [0.2, 0.25) is 0 Å².